The largest absolute Gasteiger partial charge is 0.462 e. The van der Waals surface area contributed by atoms with Gasteiger partial charge in [-0.15, -0.1) is 0 Å². The Balaban J connectivity index is 1.89. The normalized spacial score (nSPS) is 53.8. The molecule has 2 aliphatic heterocycles. The molecule has 0 radical (unpaired) electrons. The number of carbonyl (C=O) groups excluding carboxylic acids is 2. The lowest BCUT2D eigenvalue weighted by Gasteiger charge is -2.58. The molecule has 23 heavy (non-hydrogen) atoms. The summed E-state index contributed by atoms with van der Waals surface area (Å²) < 4.78 is 17.6. The van der Waals surface area contributed by atoms with Gasteiger partial charge in [0.05, 0.1) is 18.8 Å². The van der Waals surface area contributed by atoms with Crippen molar-refractivity contribution in [2.24, 2.45) is 10.8 Å². The van der Waals surface area contributed by atoms with Crippen LogP contribution in [-0.2, 0) is 23.8 Å². The van der Waals surface area contributed by atoms with Gasteiger partial charge in [0.25, 0.3) is 0 Å². The van der Waals surface area contributed by atoms with Gasteiger partial charge < -0.3 is 19.3 Å². The molecular weight excluding hydrogens is 300 g/mol. The van der Waals surface area contributed by atoms with E-state index < -0.39 is 34.7 Å². The first kappa shape index (κ1) is 15.3. The van der Waals surface area contributed by atoms with E-state index in [0.29, 0.717) is 18.6 Å². The van der Waals surface area contributed by atoms with E-state index in [1.54, 1.807) is 13.0 Å². The van der Waals surface area contributed by atoms with Crippen molar-refractivity contribution in [2.75, 3.05) is 6.61 Å². The Hall–Kier alpha value is -1.24. The minimum atomic E-state index is -1.21. The highest BCUT2D eigenvalue weighted by Gasteiger charge is 2.83. The average Bonchev–Trinajstić information content (AvgIpc) is 3.24. The number of rotatable bonds is 1. The maximum absolute atomic E-state index is 12.4. The lowest BCUT2D eigenvalue weighted by Crippen LogP contribution is -2.69. The molecule has 0 aromatic heterocycles. The van der Waals surface area contributed by atoms with E-state index in [1.807, 2.05) is 13.8 Å². The molecule has 6 nitrogen and oxygen atoms in total. The van der Waals surface area contributed by atoms with Gasteiger partial charge in [0.2, 0.25) is 0 Å². The summed E-state index contributed by atoms with van der Waals surface area (Å²) in [5.74, 6) is -0.667. The predicted molar refractivity (Wildman–Crippen MR) is 78.5 cm³/mol. The molecule has 126 valence electrons. The van der Waals surface area contributed by atoms with Crippen molar-refractivity contribution >= 4 is 11.8 Å². The summed E-state index contributed by atoms with van der Waals surface area (Å²) in [6.07, 6.45) is 0.0687. The van der Waals surface area contributed by atoms with E-state index in [4.69, 9.17) is 14.2 Å². The zero-order valence-electron chi connectivity index (χ0n) is 13.8. The third kappa shape index (κ3) is 1.50. The number of epoxide rings is 1. The van der Waals surface area contributed by atoms with Crippen molar-refractivity contribution in [3.05, 3.63) is 11.6 Å². The summed E-state index contributed by atoms with van der Waals surface area (Å²) in [5.41, 5.74) is -1.67. The van der Waals surface area contributed by atoms with Gasteiger partial charge in [-0.05, 0) is 18.6 Å². The highest BCUT2D eigenvalue weighted by molar-refractivity contribution is 6.00. The molecule has 3 fully saturated rings. The van der Waals surface area contributed by atoms with Crippen molar-refractivity contribution in [1.82, 2.24) is 0 Å². The van der Waals surface area contributed by atoms with Crippen LogP contribution in [0.2, 0.25) is 0 Å². The summed E-state index contributed by atoms with van der Waals surface area (Å²) in [6, 6.07) is 0. The molecule has 0 amide bonds. The van der Waals surface area contributed by atoms with Crippen LogP contribution >= 0.6 is 0 Å². The maximum atomic E-state index is 12.4. The first-order chi connectivity index (χ1) is 10.7. The van der Waals surface area contributed by atoms with Gasteiger partial charge >= 0.3 is 5.97 Å². The standard InChI is InChI=1S/C17H22O6/c1-8-5-10-15(3,14(20)13(8)19)16(4)11(22-9(2)18)6-12(23-10)17(16)7-21-17/h5,10-12,14,20H,6-7H2,1-4H3. The minimum Gasteiger partial charge on any atom is -0.462 e. The second kappa shape index (κ2) is 4.23. The smallest absolute Gasteiger partial charge is 0.302 e. The van der Waals surface area contributed by atoms with Crippen LogP contribution < -0.4 is 0 Å². The maximum Gasteiger partial charge on any atom is 0.302 e. The van der Waals surface area contributed by atoms with Crippen LogP contribution in [0.25, 0.3) is 0 Å². The van der Waals surface area contributed by atoms with E-state index in [0.717, 1.165) is 0 Å². The van der Waals surface area contributed by atoms with E-state index in [1.165, 1.54) is 6.92 Å². The first-order valence-corrected chi connectivity index (χ1v) is 8.06. The number of aliphatic hydroxyl groups excluding tert-OH is 1. The average molecular weight is 322 g/mol. The van der Waals surface area contributed by atoms with Crippen LogP contribution in [0.4, 0.5) is 0 Å². The van der Waals surface area contributed by atoms with Gasteiger partial charge in [-0.2, -0.15) is 0 Å². The Morgan fingerprint density at radius 1 is 1.43 bits per heavy atom. The molecule has 7 atom stereocenters. The molecule has 4 aliphatic rings. The molecule has 0 aromatic rings. The van der Waals surface area contributed by atoms with Crippen molar-refractivity contribution in [3.63, 3.8) is 0 Å². The van der Waals surface area contributed by atoms with E-state index >= 15 is 0 Å². The lowest BCUT2D eigenvalue weighted by atomic mass is 9.50. The highest BCUT2D eigenvalue weighted by Crippen LogP contribution is 2.71. The van der Waals surface area contributed by atoms with Crippen LogP contribution in [-0.4, -0.2) is 53.5 Å². The van der Waals surface area contributed by atoms with E-state index in [-0.39, 0.29) is 17.9 Å². The molecule has 2 bridgehead atoms. The summed E-state index contributed by atoms with van der Waals surface area (Å²) in [4.78, 5) is 24.0. The summed E-state index contributed by atoms with van der Waals surface area (Å²) in [6.45, 7) is 7.39. The second-order valence-electron chi connectivity index (χ2n) is 7.66. The number of esters is 1. The number of carbonyl (C=O) groups is 2. The fourth-order valence-electron chi connectivity index (χ4n) is 5.19. The molecule has 7 unspecified atom stereocenters. The quantitative estimate of drug-likeness (QED) is 0.567. The number of Topliss-reactive ketones (excluding diaryl/α,β-unsaturated/α-hetero) is 1. The van der Waals surface area contributed by atoms with Crippen molar-refractivity contribution in [3.8, 4) is 0 Å². The predicted octanol–water partition coefficient (Wildman–Crippen LogP) is 0.761. The molecule has 2 aliphatic carbocycles. The molecular formula is C17H22O6. The zero-order valence-corrected chi connectivity index (χ0v) is 13.8. The Morgan fingerprint density at radius 2 is 2.09 bits per heavy atom. The Morgan fingerprint density at radius 3 is 2.65 bits per heavy atom. The molecule has 4 rings (SSSR count). The SMILES string of the molecule is CC(=O)OC1CC2OC3C=C(C)C(=O)C(O)C3(C)C1(C)C21CO1. The number of ketones is 1. The summed E-state index contributed by atoms with van der Waals surface area (Å²) in [7, 11) is 0. The molecule has 2 heterocycles. The van der Waals surface area contributed by atoms with Crippen molar-refractivity contribution in [2.45, 2.75) is 64.1 Å². The van der Waals surface area contributed by atoms with Crippen LogP contribution in [0.15, 0.2) is 11.6 Å². The van der Waals surface area contributed by atoms with Crippen LogP contribution in [0.1, 0.15) is 34.1 Å². The second-order valence-corrected chi connectivity index (χ2v) is 7.66. The van der Waals surface area contributed by atoms with Crippen molar-refractivity contribution < 1.29 is 28.9 Å². The molecule has 2 saturated heterocycles. The van der Waals surface area contributed by atoms with Crippen LogP contribution in [0.5, 0.6) is 0 Å². The summed E-state index contributed by atoms with van der Waals surface area (Å²) >= 11 is 0. The third-order valence-corrected chi connectivity index (χ3v) is 6.86. The first-order valence-electron chi connectivity index (χ1n) is 8.06. The molecule has 1 saturated carbocycles. The fourth-order valence-corrected chi connectivity index (χ4v) is 5.19. The van der Waals surface area contributed by atoms with Gasteiger partial charge in [0, 0.05) is 24.2 Å². The number of ether oxygens (including phenoxy) is 3. The van der Waals surface area contributed by atoms with Gasteiger partial charge in [-0.3, -0.25) is 9.59 Å². The molecule has 6 heteroatoms. The Kier molecular flexibility index (Phi) is 2.82. The minimum absolute atomic E-state index is 0.195. The molecule has 1 N–H and O–H groups in total. The van der Waals surface area contributed by atoms with Crippen LogP contribution in [0, 0.1) is 10.8 Å². The lowest BCUT2D eigenvalue weighted by molar-refractivity contribution is -0.236. The topological polar surface area (TPSA) is 85.4 Å². The molecule has 1 spiro atoms. The Labute approximate surface area is 134 Å². The zero-order chi connectivity index (χ0) is 16.8. The summed E-state index contributed by atoms with van der Waals surface area (Å²) in [5, 5.41) is 10.8. The van der Waals surface area contributed by atoms with E-state index in [9.17, 15) is 14.7 Å². The van der Waals surface area contributed by atoms with Gasteiger partial charge in [0.15, 0.2) is 5.78 Å². The number of hydrogen-bond donors (Lipinski definition) is 1. The fraction of sp³-hybridized carbons (Fsp3) is 0.765. The number of hydrogen-bond acceptors (Lipinski definition) is 6. The molecule has 0 aromatic carbocycles. The Bertz CT molecular complexity index is 635. The van der Waals surface area contributed by atoms with Gasteiger partial charge in [-0.25, -0.2) is 0 Å². The van der Waals surface area contributed by atoms with Crippen molar-refractivity contribution in [1.29, 1.82) is 0 Å². The number of aliphatic hydroxyl groups is 1. The highest BCUT2D eigenvalue weighted by atomic mass is 16.6. The van der Waals surface area contributed by atoms with Gasteiger partial charge in [0.1, 0.15) is 17.8 Å². The van der Waals surface area contributed by atoms with Crippen LogP contribution in [0.3, 0.4) is 0 Å². The van der Waals surface area contributed by atoms with E-state index in [2.05, 4.69) is 0 Å². The monoisotopic (exact) mass is 322 g/mol. The third-order valence-electron chi connectivity index (χ3n) is 6.86. The number of fused-ring (bicyclic) bond motifs is 2. The van der Waals surface area contributed by atoms with Gasteiger partial charge in [-0.1, -0.05) is 13.8 Å².